The first-order chi connectivity index (χ1) is 16.0. The average molecular weight is 456 g/mol. The number of ether oxygens (including phenoxy) is 1. The van der Waals surface area contributed by atoms with E-state index in [1.54, 1.807) is 25.1 Å². The number of methoxy groups -OCH3 is 1. The van der Waals surface area contributed by atoms with Gasteiger partial charge in [-0.15, -0.1) is 0 Å². The molecule has 1 aliphatic carbocycles. The molecule has 0 bridgehead atoms. The van der Waals surface area contributed by atoms with Gasteiger partial charge >= 0.3 is 0 Å². The number of nitrogens with zero attached hydrogens (tertiary/aromatic N) is 3. The van der Waals surface area contributed by atoms with E-state index in [4.69, 9.17) is 9.57 Å². The second-order valence-corrected chi connectivity index (χ2v) is 8.62. The van der Waals surface area contributed by atoms with Gasteiger partial charge in [0.25, 0.3) is 5.91 Å². The van der Waals surface area contributed by atoms with Gasteiger partial charge in [-0.1, -0.05) is 11.2 Å². The summed E-state index contributed by atoms with van der Waals surface area (Å²) >= 11 is 0. The van der Waals surface area contributed by atoms with Crippen LogP contribution in [0.25, 0.3) is 0 Å². The summed E-state index contributed by atoms with van der Waals surface area (Å²) < 4.78 is 18.6. The van der Waals surface area contributed by atoms with Gasteiger partial charge in [-0.2, -0.15) is 0 Å². The first kappa shape index (κ1) is 23.1. The Bertz CT molecular complexity index is 1040. The van der Waals surface area contributed by atoms with Crippen LogP contribution in [-0.2, 0) is 11.4 Å². The van der Waals surface area contributed by atoms with Crippen LogP contribution in [-0.4, -0.2) is 47.9 Å². The minimum Gasteiger partial charge on any atom is -0.494 e. The molecule has 1 aromatic carbocycles. The summed E-state index contributed by atoms with van der Waals surface area (Å²) in [5, 5.41) is 10.5. The summed E-state index contributed by atoms with van der Waals surface area (Å²) in [6.45, 7) is 1.97. The third kappa shape index (κ3) is 5.47. The molecule has 0 radical (unpaired) electrons. The monoisotopic (exact) mass is 455 g/mol. The largest absolute Gasteiger partial charge is 0.494 e. The normalized spacial score (nSPS) is 22.4. The van der Waals surface area contributed by atoms with E-state index in [1.165, 1.54) is 13.2 Å². The van der Waals surface area contributed by atoms with Crippen molar-refractivity contribution in [3.05, 3.63) is 52.9 Å². The number of benzene rings is 1. The minimum absolute atomic E-state index is 0.0545. The Kier molecular flexibility index (Phi) is 7.17. The Morgan fingerprint density at radius 2 is 2.00 bits per heavy atom. The van der Waals surface area contributed by atoms with Gasteiger partial charge in [-0.25, -0.2) is 14.4 Å². The molecule has 2 heterocycles. The van der Waals surface area contributed by atoms with Gasteiger partial charge in [0.1, 0.15) is 23.3 Å². The zero-order valence-electron chi connectivity index (χ0n) is 19.2. The predicted octanol–water partition coefficient (Wildman–Crippen LogP) is 3.13. The number of nitrogens with one attached hydrogen (secondary N) is 2. The molecule has 1 amide bonds. The van der Waals surface area contributed by atoms with E-state index in [-0.39, 0.29) is 30.0 Å². The molecule has 1 aliphatic heterocycles. The van der Waals surface area contributed by atoms with Gasteiger partial charge in [0.15, 0.2) is 11.6 Å². The maximum atomic E-state index is 13.6. The average Bonchev–Trinajstić information content (AvgIpc) is 3.33. The third-order valence-corrected chi connectivity index (χ3v) is 6.43. The van der Waals surface area contributed by atoms with Crippen molar-refractivity contribution in [3.63, 3.8) is 0 Å². The second kappa shape index (κ2) is 10.2. The van der Waals surface area contributed by atoms with E-state index < -0.39 is 5.82 Å². The number of carbonyl (C=O) groups is 1. The van der Waals surface area contributed by atoms with Crippen molar-refractivity contribution in [1.29, 1.82) is 0 Å². The van der Waals surface area contributed by atoms with Crippen LogP contribution in [0.4, 0.5) is 4.39 Å². The van der Waals surface area contributed by atoms with Gasteiger partial charge in [0.05, 0.1) is 12.8 Å². The lowest BCUT2D eigenvalue weighted by Gasteiger charge is -2.30. The van der Waals surface area contributed by atoms with Crippen LogP contribution in [0.5, 0.6) is 5.75 Å². The Balaban J connectivity index is 1.39. The first-order valence-corrected chi connectivity index (χ1v) is 11.3. The lowest BCUT2D eigenvalue weighted by atomic mass is 9.81. The van der Waals surface area contributed by atoms with E-state index in [2.05, 4.69) is 25.8 Å². The van der Waals surface area contributed by atoms with Crippen LogP contribution in [0, 0.1) is 18.7 Å². The zero-order valence-corrected chi connectivity index (χ0v) is 19.2. The van der Waals surface area contributed by atoms with E-state index in [1.807, 2.05) is 7.05 Å². The predicted molar refractivity (Wildman–Crippen MR) is 122 cm³/mol. The molecule has 1 saturated carbocycles. The molecule has 1 aromatic heterocycles. The number of hydrogen-bond acceptors (Lipinski definition) is 7. The standard InChI is InChI=1S/C24H30FN5O3/c1-14-28-19(20-12-22(33-30-20)16-5-7-17(26-2)8-6-16)11-21(29-14)24(31)27-13-15-4-9-18(25)23(10-15)32-3/h4,9-11,16-17,22,26H,5-8,12-13H2,1-3H3,(H,27,31)/t16-,17-,22?. The summed E-state index contributed by atoms with van der Waals surface area (Å²) in [6.07, 6.45) is 5.26. The number of halogens is 1. The lowest BCUT2D eigenvalue weighted by molar-refractivity contribution is 0.0237. The highest BCUT2D eigenvalue weighted by atomic mass is 19.1. The number of amides is 1. The maximum Gasteiger partial charge on any atom is 0.270 e. The molecule has 1 unspecified atom stereocenters. The molecule has 0 saturated heterocycles. The SMILES string of the molecule is CN[C@H]1CC[C@H](C2CC(c3cc(C(=O)NCc4ccc(F)c(OC)c4)nc(C)n3)=NO2)CC1. The van der Waals surface area contributed by atoms with Crippen molar-refractivity contribution >= 4 is 11.6 Å². The number of hydrogen-bond donors (Lipinski definition) is 2. The number of oxime groups is 1. The van der Waals surface area contributed by atoms with Gasteiger partial charge in [0.2, 0.25) is 0 Å². The summed E-state index contributed by atoms with van der Waals surface area (Å²) in [4.78, 5) is 27.3. The molecule has 9 heteroatoms. The van der Waals surface area contributed by atoms with Gasteiger partial charge in [0, 0.05) is 19.0 Å². The Morgan fingerprint density at radius 3 is 2.73 bits per heavy atom. The Labute approximate surface area is 193 Å². The molecule has 2 N–H and O–H groups in total. The molecule has 33 heavy (non-hydrogen) atoms. The van der Waals surface area contributed by atoms with Crippen molar-refractivity contribution in [2.24, 2.45) is 11.1 Å². The number of carbonyl (C=O) groups excluding carboxylic acids is 1. The van der Waals surface area contributed by atoms with Crippen molar-refractivity contribution in [2.45, 2.75) is 57.7 Å². The van der Waals surface area contributed by atoms with Gasteiger partial charge in [-0.3, -0.25) is 4.79 Å². The fourth-order valence-electron chi connectivity index (χ4n) is 4.50. The summed E-state index contributed by atoms with van der Waals surface area (Å²) in [5.74, 6) is 0.314. The fourth-order valence-corrected chi connectivity index (χ4v) is 4.50. The molecular weight excluding hydrogens is 425 g/mol. The van der Waals surface area contributed by atoms with E-state index in [0.29, 0.717) is 29.9 Å². The zero-order chi connectivity index (χ0) is 23.4. The molecular formula is C24H30FN5O3. The molecule has 1 atom stereocenters. The Hall–Kier alpha value is -3.07. The van der Waals surface area contributed by atoms with Crippen molar-refractivity contribution in [3.8, 4) is 5.75 Å². The first-order valence-electron chi connectivity index (χ1n) is 11.3. The summed E-state index contributed by atoms with van der Waals surface area (Å²) in [5.41, 5.74) is 2.34. The highest BCUT2D eigenvalue weighted by Crippen LogP contribution is 2.33. The number of aryl methyl sites for hydroxylation is 1. The quantitative estimate of drug-likeness (QED) is 0.666. The van der Waals surface area contributed by atoms with Gasteiger partial charge in [-0.05, 0) is 69.3 Å². The van der Waals surface area contributed by atoms with E-state index in [0.717, 1.165) is 37.0 Å². The van der Waals surface area contributed by atoms with Crippen LogP contribution in [0.2, 0.25) is 0 Å². The highest BCUT2D eigenvalue weighted by molar-refractivity contribution is 6.01. The second-order valence-electron chi connectivity index (χ2n) is 8.62. The summed E-state index contributed by atoms with van der Waals surface area (Å²) in [6, 6.07) is 6.71. The molecule has 176 valence electrons. The van der Waals surface area contributed by atoms with E-state index in [9.17, 15) is 9.18 Å². The maximum absolute atomic E-state index is 13.6. The van der Waals surface area contributed by atoms with Crippen LogP contribution in [0.3, 0.4) is 0 Å². The lowest BCUT2D eigenvalue weighted by Crippen LogP contribution is -2.34. The minimum atomic E-state index is -0.448. The van der Waals surface area contributed by atoms with Crippen LogP contribution in [0.15, 0.2) is 29.4 Å². The molecule has 8 nitrogen and oxygen atoms in total. The fraction of sp³-hybridized carbons (Fsp3) is 0.500. The Morgan fingerprint density at radius 1 is 1.21 bits per heavy atom. The smallest absolute Gasteiger partial charge is 0.270 e. The molecule has 4 rings (SSSR count). The third-order valence-electron chi connectivity index (χ3n) is 6.43. The highest BCUT2D eigenvalue weighted by Gasteiger charge is 2.33. The number of aromatic nitrogens is 2. The van der Waals surface area contributed by atoms with Crippen molar-refractivity contribution in [2.75, 3.05) is 14.2 Å². The van der Waals surface area contributed by atoms with Gasteiger partial charge < -0.3 is 20.2 Å². The van der Waals surface area contributed by atoms with Crippen LogP contribution in [0.1, 0.15) is 59.7 Å². The van der Waals surface area contributed by atoms with Crippen molar-refractivity contribution < 1.29 is 18.8 Å². The molecule has 2 aliphatic rings. The van der Waals surface area contributed by atoms with E-state index >= 15 is 0 Å². The molecule has 0 spiro atoms. The van der Waals surface area contributed by atoms with Crippen molar-refractivity contribution in [1.82, 2.24) is 20.6 Å². The molecule has 2 aromatic rings. The molecule has 1 fully saturated rings. The van der Waals surface area contributed by atoms with Crippen LogP contribution < -0.4 is 15.4 Å². The van der Waals surface area contributed by atoms with Crippen LogP contribution >= 0.6 is 0 Å². The summed E-state index contributed by atoms with van der Waals surface area (Å²) in [7, 11) is 3.42. The topological polar surface area (TPSA) is 97.7 Å². The number of rotatable bonds is 7.